The number of carbonyl (C=O) groups is 1. The molecule has 0 spiro atoms. The van der Waals surface area contributed by atoms with Crippen LogP contribution in [0.15, 0.2) is 24.4 Å². The van der Waals surface area contributed by atoms with E-state index in [0.717, 1.165) is 57.4 Å². The van der Waals surface area contributed by atoms with Crippen LogP contribution in [0.2, 0.25) is 0 Å². The molecule has 126 valence electrons. The Hall–Kier alpha value is -1.62. The molecule has 2 heterocycles. The van der Waals surface area contributed by atoms with Crippen molar-refractivity contribution in [3.05, 3.63) is 24.4 Å². The smallest absolute Gasteiger partial charge is 0.223 e. The van der Waals surface area contributed by atoms with Gasteiger partial charge in [0.1, 0.15) is 5.82 Å². The molecular formula is C18H27N3O2. The minimum atomic E-state index is -0.767. The normalized spacial score (nSPS) is 21.9. The summed E-state index contributed by atoms with van der Waals surface area (Å²) < 4.78 is 0. The van der Waals surface area contributed by atoms with Gasteiger partial charge in [0.15, 0.2) is 0 Å². The van der Waals surface area contributed by atoms with Crippen molar-refractivity contribution in [2.75, 3.05) is 18.0 Å². The van der Waals surface area contributed by atoms with Gasteiger partial charge in [-0.05, 0) is 37.8 Å². The zero-order valence-corrected chi connectivity index (χ0v) is 13.7. The zero-order chi connectivity index (χ0) is 16.1. The van der Waals surface area contributed by atoms with E-state index in [1.54, 1.807) is 0 Å². The van der Waals surface area contributed by atoms with Gasteiger partial charge in [-0.3, -0.25) is 4.79 Å². The summed E-state index contributed by atoms with van der Waals surface area (Å²) in [6.07, 6.45) is 8.70. The maximum Gasteiger partial charge on any atom is 0.223 e. The Labute approximate surface area is 138 Å². The van der Waals surface area contributed by atoms with Crippen LogP contribution in [0.5, 0.6) is 0 Å². The Bertz CT molecular complexity index is 506. The highest BCUT2D eigenvalue weighted by atomic mass is 16.3. The zero-order valence-electron chi connectivity index (χ0n) is 13.7. The molecule has 0 atom stereocenters. The molecule has 0 aromatic carbocycles. The maximum absolute atomic E-state index is 12.2. The fraction of sp³-hybridized carbons (Fsp3) is 0.667. The number of anilines is 1. The molecule has 1 saturated heterocycles. The Morgan fingerprint density at radius 2 is 2.00 bits per heavy atom. The average Bonchev–Trinajstić information content (AvgIpc) is 2.56. The van der Waals surface area contributed by atoms with Crippen LogP contribution in [-0.4, -0.2) is 40.7 Å². The van der Waals surface area contributed by atoms with Gasteiger partial charge in [0, 0.05) is 25.3 Å². The van der Waals surface area contributed by atoms with Crippen molar-refractivity contribution in [2.45, 2.75) is 63.0 Å². The Morgan fingerprint density at radius 3 is 2.65 bits per heavy atom. The maximum atomic E-state index is 12.2. The predicted octanol–water partition coefficient (Wildman–Crippen LogP) is 2.25. The number of nitrogens with one attached hydrogen (secondary N) is 1. The van der Waals surface area contributed by atoms with E-state index in [4.69, 9.17) is 0 Å². The quantitative estimate of drug-likeness (QED) is 0.894. The first-order valence-corrected chi connectivity index (χ1v) is 8.82. The third-order valence-corrected chi connectivity index (χ3v) is 5.11. The second-order valence-electron chi connectivity index (χ2n) is 6.98. The lowest BCUT2D eigenvalue weighted by Gasteiger charge is -2.35. The third-order valence-electron chi connectivity index (χ3n) is 5.11. The highest BCUT2D eigenvalue weighted by Crippen LogP contribution is 2.30. The van der Waals surface area contributed by atoms with Crippen LogP contribution in [0.25, 0.3) is 0 Å². The lowest BCUT2D eigenvalue weighted by molar-refractivity contribution is -0.128. The fourth-order valence-electron chi connectivity index (χ4n) is 3.76. The molecule has 1 aliphatic heterocycles. The largest absolute Gasteiger partial charge is 0.389 e. The number of aliphatic hydroxyl groups is 1. The monoisotopic (exact) mass is 317 g/mol. The third kappa shape index (κ3) is 4.44. The van der Waals surface area contributed by atoms with E-state index < -0.39 is 5.60 Å². The van der Waals surface area contributed by atoms with Crippen molar-refractivity contribution in [2.24, 2.45) is 0 Å². The van der Waals surface area contributed by atoms with Gasteiger partial charge in [-0.1, -0.05) is 25.3 Å². The molecule has 2 aliphatic rings. The molecule has 5 heteroatoms. The van der Waals surface area contributed by atoms with E-state index in [0.29, 0.717) is 0 Å². The van der Waals surface area contributed by atoms with E-state index in [-0.39, 0.29) is 18.4 Å². The molecule has 1 aliphatic carbocycles. The first kappa shape index (κ1) is 16.2. The first-order valence-electron chi connectivity index (χ1n) is 8.82. The molecule has 1 saturated carbocycles. The second kappa shape index (κ2) is 7.30. The number of carbonyl (C=O) groups excluding carboxylic acids is 1. The summed E-state index contributed by atoms with van der Waals surface area (Å²) in [5.74, 6) is 1.01. The van der Waals surface area contributed by atoms with Gasteiger partial charge in [0.25, 0.3) is 0 Å². The van der Waals surface area contributed by atoms with Gasteiger partial charge >= 0.3 is 0 Å². The summed E-state index contributed by atoms with van der Waals surface area (Å²) >= 11 is 0. The average molecular weight is 317 g/mol. The molecule has 3 rings (SSSR count). The van der Waals surface area contributed by atoms with Crippen LogP contribution in [0.3, 0.4) is 0 Å². The van der Waals surface area contributed by atoms with E-state index >= 15 is 0 Å². The highest BCUT2D eigenvalue weighted by molar-refractivity contribution is 5.77. The van der Waals surface area contributed by atoms with Gasteiger partial charge in [0.05, 0.1) is 12.0 Å². The molecule has 1 aromatic rings. The topological polar surface area (TPSA) is 65.5 Å². The van der Waals surface area contributed by atoms with Crippen molar-refractivity contribution < 1.29 is 9.90 Å². The number of rotatable bonds is 4. The molecule has 1 amide bonds. The predicted molar refractivity (Wildman–Crippen MR) is 90.3 cm³/mol. The molecule has 2 N–H and O–H groups in total. The number of hydrogen-bond acceptors (Lipinski definition) is 4. The van der Waals surface area contributed by atoms with Crippen LogP contribution in [0.4, 0.5) is 5.82 Å². The van der Waals surface area contributed by atoms with Gasteiger partial charge in [-0.2, -0.15) is 0 Å². The number of nitrogens with zero attached hydrogens (tertiary/aromatic N) is 2. The SMILES string of the molecule is O=C(CC1(O)CCCCC1)NC1CCN(c2ccccn2)CC1. The van der Waals surface area contributed by atoms with Gasteiger partial charge in [-0.15, -0.1) is 0 Å². The van der Waals surface area contributed by atoms with Gasteiger partial charge in [-0.25, -0.2) is 4.98 Å². The summed E-state index contributed by atoms with van der Waals surface area (Å²) in [4.78, 5) is 18.9. The fourth-order valence-corrected chi connectivity index (χ4v) is 3.76. The van der Waals surface area contributed by atoms with Crippen molar-refractivity contribution in [3.8, 4) is 0 Å². The second-order valence-corrected chi connectivity index (χ2v) is 6.98. The van der Waals surface area contributed by atoms with Gasteiger partial charge in [0.2, 0.25) is 5.91 Å². The van der Waals surface area contributed by atoms with Gasteiger partial charge < -0.3 is 15.3 Å². The molecule has 23 heavy (non-hydrogen) atoms. The van der Waals surface area contributed by atoms with E-state index in [9.17, 15) is 9.90 Å². The first-order chi connectivity index (χ1) is 11.1. The Morgan fingerprint density at radius 1 is 1.26 bits per heavy atom. The summed E-state index contributed by atoms with van der Waals surface area (Å²) in [7, 11) is 0. The minimum Gasteiger partial charge on any atom is -0.389 e. The lowest BCUT2D eigenvalue weighted by atomic mass is 9.82. The van der Waals surface area contributed by atoms with Crippen LogP contribution < -0.4 is 10.2 Å². The molecular weight excluding hydrogens is 290 g/mol. The van der Waals surface area contributed by atoms with Crippen LogP contribution in [0, 0.1) is 0 Å². The number of hydrogen-bond donors (Lipinski definition) is 2. The molecule has 1 aromatic heterocycles. The molecule has 0 bridgehead atoms. The lowest BCUT2D eigenvalue weighted by Crippen LogP contribution is -2.47. The van der Waals surface area contributed by atoms with Crippen molar-refractivity contribution >= 4 is 11.7 Å². The molecule has 0 unspecified atom stereocenters. The standard InChI is InChI=1S/C18H27N3O2/c22-17(14-18(23)9-3-1-4-10-18)20-15-7-12-21(13-8-15)16-6-2-5-11-19-16/h2,5-6,11,15,23H,1,3-4,7-10,12-14H2,(H,20,22). The molecule has 5 nitrogen and oxygen atoms in total. The number of amides is 1. The van der Waals surface area contributed by atoms with E-state index in [1.807, 2.05) is 24.4 Å². The Kier molecular flexibility index (Phi) is 5.16. The Balaban J connectivity index is 1.44. The van der Waals surface area contributed by atoms with E-state index in [1.165, 1.54) is 6.42 Å². The van der Waals surface area contributed by atoms with Crippen molar-refractivity contribution in [1.29, 1.82) is 0 Å². The summed E-state index contributed by atoms with van der Waals surface area (Å²) in [5, 5.41) is 13.6. The van der Waals surface area contributed by atoms with Crippen LogP contribution in [-0.2, 0) is 4.79 Å². The van der Waals surface area contributed by atoms with Crippen LogP contribution in [0.1, 0.15) is 51.4 Å². The summed E-state index contributed by atoms with van der Waals surface area (Å²) in [5.41, 5.74) is -0.767. The van der Waals surface area contributed by atoms with Crippen molar-refractivity contribution in [1.82, 2.24) is 10.3 Å². The number of aromatic nitrogens is 1. The minimum absolute atomic E-state index is 0.00526. The summed E-state index contributed by atoms with van der Waals surface area (Å²) in [6.45, 7) is 1.82. The molecule has 0 radical (unpaired) electrons. The van der Waals surface area contributed by atoms with Crippen LogP contribution >= 0.6 is 0 Å². The number of piperidine rings is 1. The summed E-state index contributed by atoms with van der Waals surface area (Å²) in [6, 6.07) is 6.17. The molecule has 2 fully saturated rings. The number of pyridine rings is 1. The van der Waals surface area contributed by atoms with E-state index in [2.05, 4.69) is 15.2 Å². The highest BCUT2D eigenvalue weighted by Gasteiger charge is 2.32. The van der Waals surface area contributed by atoms with Crippen molar-refractivity contribution in [3.63, 3.8) is 0 Å².